The van der Waals surface area contributed by atoms with Gasteiger partial charge in [-0.15, -0.1) is 0 Å². The first-order valence-electron chi connectivity index (χ1n) is 6.29. The molecular weight excluding hydrogens is 186 g/mol. The second-order valence-electron chi connectivity index (χ2n) is 5.89. The molecule has 1 aliphatic heterocycles. The smallest absolute Gasteiger partial charge is 0.225 e. The molecule has 0 N–H and O–H groups in total. The minimum Gasteiger partial charge on any atom is -0.342 e. The predicted octanol–water partition coefficient (Wildman–Crippen LogP) is 2.39. The van der Waals surface area contributed by atoms with Crippen molar-refractivity contribution in [3.05, 3.63) is 0 Å². The molecule has 2 fully saturated rings. The summed E-state index contributed by atoms with van der Waals surface area (Å²) in [5.74, 6) is 3.75. The summed E-state index contributed by atoms with van der Waals surface area (Å²) in [5.41, 5.74) is 0. The standard InChI is InChI=1S/C13H23NO/c1-8(2)13(15)14-6-11-5-9(3)10(4)12(11)7-14/h8-12H,5-7H2,1-4H3/t9-,10+,11-,12-/m1/s1. The fourth-order valence-corrected chi connectivity index (χ4v) is 3.40. The van der Waals surface area contributed by atoms with Gasteiger partial charge in [-0.3, -0.25) is 4.79 Å². The van der Waals surface area contributed by atoms with Crippen molar-refractivity contribution in [2.24, 2.45) is 29.6 Å². The number of hydrogen-bond donors (Lipinski definition) is 0. The maximum atomic E-state index is 11.9. The Bertz CT molecular complexity index is 261. The average molecular weight is 209 g/mol. The molecule has 1 heterocycles. The second-order valence-corrected chi connectivity index (χ2v) is 5.89. The summed E-state index contributed by atoms with van der Waals surface area (Å²) in [6.45, 7) is 10.8. The molecule has 2 nitrogen and oxygen atoms in total. The molecule has 0 aromatic heterocycles. The van der Waals surface area contributed by atoms with E-state index in [-0.39, 0.29) is 5.92 Å². The number of rotatable bonds is 1. The average Bonchev–Trinajstić information content (AvgIpc) is 2.67. The largest absolute Gasteiger partial charge is 0.342 e. The van der Waals surface area contributed by atoms with E-state index in [1.807, 2.05) is 13.8 Å². The van der Waals surface area contributed by atoms with Crippen molar-refractivity contribution in [3.63, 3.8) is 0 Å². The van der Waals surface area contributed by atoms with E-state index in [4.69, 9.17) is 0 Å². The molecule has 0 unspecified atom stereocenters. The van der Waals surface area contributed by atoms with Gasteiger partial charge in [0.2, 0.25) is 5.91 Å². The number of nitrogens with zero attached hydrogens (tertiary/aromatic N) is 1. The van der Waals surface area contributed by atoms with Gasteiger partial charge in [0.25, 0.3) is 0 Å². The topological polar surface area (TPSA) is 20.3 Å². The first-order chi connectivity index (χ1) is 7.00. The van der Waals surface area contributed by atoms with Gasteiger partial charge in [0.05, 0.1) is 0 Å². The van der Waals surface area contributed by atoms with Crippen molar-refractivity contribution in [2.75, 3.05) is 13.1 Å². The fraction of sp³-hybridized carbons (Fsp3) is 0.923. The normalized spacial score (nSPS) is 39.9. The van der Waals surface area contributed by atoms with Crippen LogP contribution >= 0.6 is 0 Å². The third kappa shape index (κ3) is 1.79. The van der Waals surface area contributed by atoms with Crippen LogP contribution in [0.15, 0.2) is 0 Å². The summed E-state index contributed by atoms with van der Waals surface area (Å²) in [5, 5.41) is 0. The van der Waals surface area contributed by atoms with Crippen LogP contribution in [-0.4, -0.2) is 23.9 Å². The zero-order chi connectivity index (χ0) is 11.2. The summed E-state index contributed by atoms with van der Waals surface area (Å²) >= 11 is 0. The van der Waals surface area contributed by atoms with Crippen LogP contribution in [0.2, 0.25) is 0 Å². The maximum Gasteiger partial charge on any atom is 0.225 e. The van der Waals surface area contributed by atoms with Gasteiger partial charge in [-0.25, -0.2) is 0 Å². The fourth-order valence-electron chi connectivity index (χ4n) is 3.40. The molecule has 0 bridgehead atoms. The van der Waals surface area contributed by atoms with Gasteiger partial charge < -0.3 is 4.90 Å². The SMILES string of the molecule is CC(C)C(=O)N1C[C@H]2C[C@@H](C)[C@H](C)[C@H]2C1. The van der Waals surface area contributed by atoms with E-state index in [9.17, 15) is 4.79 Å². The summed E-state index contributed by atoms with van der Waals surface area (Å²) in [7, 11) is 0. The van der Waals surface area contributed by atoms with Gasteiger partial charge in [0.1, 0.15) is 0 Å². The molecule has 0 aromatic carbocycles. The molecule has 1 aliphatic carbocycles. The van der Waals surface area contributed by atoms with Crippen LogP contribution in [0.5, 0.6) is 0 Å². The van der Waals surface area contributed by atoms with Gasteiger partial charge in [-0.2, -0.15) is 0 Å². The van der Waals surface area contributed by atoms with Gasteiger partial charge in [-0.05, 0) is 30.1 Å². The Morgan fingerprint density at radius 1 is 1.27 bits per heavy atom. The first kappa shape index (κ1) is 11.0. The van der Waals surface area contributed by atoms with E-state index in [1.165, 1.54) is 6.42 Å². The lowest BCUT2D eigenvalue weighted by molar-refractivity contribution is -0.133. The number of fused-ring (bicyclic) bond motifs is 1. The quantitative estimate of drug-likeness (QED) is 0.649. The van der Waals surface area contributed by atoms with E-state index in [1.54, 1.807) is 0 Å². The maximum absolute atomic E-state index is 11.9. The number of carbonyl (C=O) groups excluding carboxylic acids is 1. The molecule has 2 aliphatic rings. The Labute approximate surface area is 93.0 Å². The molecule has 2 rings (SSSR count). The predicted molar refractivity (Wildman–Crippen MR) is 61.3 cm³/mol. The molecule has 0 spiro atoms. The van der Waals surface area contributed by atoms with Crippen LogP contribution in [0.25, 0.3) is 0 Å². The van der Waals surface area contributed by atoms with E-state index >= 15 is 0 Å². The number of carbonyl (C=O) groups is 1. The summed E-state index contributed by atoms with van der Waals surface area (Å²) < 4.78 is 0. The summed E-state index contributed by atoms with van der Waals surface area (Å²) in [6.07, 6.45) is 1.33. The third-order valence-electron chi connectivity index (χ3n) is 4.54. The molecule has 0 radical (unpaired) electrons. The highest BCUT2D eigenvalue weighted by Crippen LogP contribution is 2.45. The Hall–Kier alpha value is -0.530. The van der Waals surface area contributed by atoms with E-state index < -0.39 is 0 Å². The van der Waals surface area contributed by atoms with E-state index in [0.29, 0.717) is 5.91 Å². The van der Waals surface area contributed by atoms with E-state index in [2.05, 4.69) is 18.7 Å². The van der Waals surface area contributed by atoms with E-state index in [0.717, 1.165) is 36.8 Å². The molecular formula is C13H23NO. The number of hydrogen-bond acceptors (Lipinski definition) is 1. The van der Waals surface area contributed by atoms with Crippen molar-refractivity contribution >= 4 is 5.91 Å². The molecule has 1 saturated carbocycles. The number of likely N-dealkylation sites (tertiary alicyclic amines) is 1. The van der Waals surface area contributed by atoms with Gasteiger partial charge in [-0.1, -0.05) is 27.7 Å². The molecule has 15 heavy (non-hydrogen) atoms. The van der Waals surface area contributed by atoms with Crippen molar-refractivity contribution in [3.8, 4) is 0 Å². The molecule has 2 heteroatoms. The monoisotopic (exact) mass is 209 g/mol. The molecule has 0 aromatic rings. The first-order valence-corrected chi connectivity index (χ1v) is 6.29. The van der Waals surface area contributed by atoms with Crippen molar-refractivity contribution in [1.82, 2.24) is 4.90 Å². The summed E-state index contributed by atoms with van der Waals surface area (Å²) in [6, 6.07) is 0. The van der Waals surface area contributed by atoms with Crippen molar-refractivity contribution < 1.29 is 4.79 Å². The minimum atomic E-state index is 0.163. The van der Waals surface area contributed by atoms with Crippen molar-refractivity contribution in [2.45, 2.75) is 34.1 Å². The van der Waals surface area contributed by atoms with Crippen LogP contribution in [0.1, 0.15) is 34.1 Å². The Balaban J connectivity index is 2.00. The Kier molecular flexibility index (Phi) is 2.78. The van der Waals surface area contributed by atoms with Crippen LogP contribution in [0, 0.1) is 29.6 Å². The number of amides is 1. The van der Waals surface area contributed by atoms with Crippen LogP contribution < -0.4 is 0 Å². The highest BCUT2D eigenvalue weighted by atomic mass is 16.2. The van der Waals surface area contributed by atoms with Gasteiger partial charge in [0.15, 0.2) is 0 Å². The molecule has 1 saturated heterocycles. The lowest BCUT2D eigenvalue weighted by Crippen LogP contribution is -2.33. The van der Waals surface area contributed by atoms with Crippen molar-refractivity contribution in [1.29, 1.82) is 0 Å². The second kappa shape index (κ2) is 3.80. The lowest BCUT2D eigenvalue weighted by Gasteiger charge is -2.22. The summed E-state index contributed by atoms with van der Waals surface area (Å²) in [4.78, 5) is 14.0. The van der Waals surface area contributed by atoms with Crippen LogP contribution in [0.4, 0.5) is 0 Å². The van der Waals surface area contributed by atoms with Gasteiger partial charge >= 0.3 is 0 Å². The zero-order valence-corrected chi connectivity index (χ0v) is 10.4. The van der Waals surface area contributed by atoms with Crippen LogP contribution in [-0.2, 0) is 4.79 Å². The highest BCUT2D eigenvalue weighted by molar-refractivity contribution is 5.78. The third-order valence-corrected chi connectivity index (χ3v) is 4.54. The molecule has 1 amide bonds. The molecule has 4 atom stereocenters. The lowest BCUT2D eigenvalue weighted by atomic mass is 9.91. The van der Waals surface area contributed by atoms with Gasteiger partial charge in [0, 0.05) is 19.0 Å². The van der Waals surface area contributed by atoms with Crippen LogP contribution in [0.3, 0.4) is 0 Å². The highest BCUT2D eigenvalue weighted by Gasteiger charge is 2.45. The Morgan fingerprint density at radius 2 is 1.93 bits per heavy atom. The Morgan fingerprint density at radius 3 is 2.47 bits per heavy atom. The molecule has 86 valence electrons. The minimum absolute atomic E-state index is 0.163. The zero-order valence-electron chi connectivity index (χ0n) is 10.4.